The van der Waals surface area contributed by atoms with Crippen molar-refractivity contribution in [3.63, 3.8) is 0 Å². The van der Waals surface area contributed by atoms with Gasteiger partial charge in [-0.05, 0) is 36.8 Å². The number of nitro benzene ring substituents is 1. The van der Waals surface area contributed by atoms with E-state index in [0.717, 1.165) is 18.4 Å². The standard InChI is InChI=1S/C12H13NO2/c14-13(15)12-8-4-7-11(9-12)10-5-2-1-3-6-10/h4-5,7-9H,1-3,6H2. The average molecular weight is 203 g/mol. The number of nitrogens with zero attached hydrogens (tertiary/aromatic N) is 1. The first kappa shape index (κ1) is 9.90. The number of non-ortho nitro benzene ring substituents is 1. The van der Waals surface area contributed by atoms with Crippen LogP contribution in [-0.2, 0) is 0 Å². The van der Waals surface area contributed by atoms with E-state index in [1.807, 2.05) is 6.07 Å². The van der Waals surface area contributed by atoms with Crippen LogP contribution in [0.5, 0.6) is 0 Å². The fourth-order valence-electron chi connectivity index (χ4n) is 1.92. The smallest absolute Gasteiger partial charge is 0.258 e. The summed E-state index contributed by atoms with van der Waals surface area (Å²) in [4.78, 5) is 10.3. The second-order valence-electron chi connectivity index (χ2n) is 3.78. The van der Waals surface area contributed by atoms with Crippen molar-refractivity contribution in [3.05, 3.63) is 46.0 Å². The number of benzene rings is 1. The summed E-state index contributed by atoms with van der Waals surface area (Å²) in [5, 5.41) is 10.6. The largest absolute Gasteiger partial charge is 0.270 e. The zero-order valence-corrected chi connectivity index (χ0v) is 8.48. The molecule has 1 aliphatic carbocycles. The van der Waals surface area contributed by atoms with E-state index >= 15 is 0 Å². The molecule has 1 aliphatic rings. The molecule has 0 atom stereocenters. The van der Waals surface area contributed by atoms with Crippen molar-refractivity contribution >= 4 is 11.3 Å². The van der Waals surface area contributed by atoms with Crippen LogP contribution in [0, 0.1) is 10.1 Å². The summed E-state index contributed by atoms with van der Waals surface area (Å²) in [5.74, 6) is 0. The summed E-state index contributed by atoms with van der Waals surface area (Å²) >= 11 is 0. The molecule has 3 nitrogen and oxygen atoms in total. The predicted octanol–water partition coefficient (Wildman–Crippen LogP) is 3.55. The topological polar surface area (TPSA) is 43.1 Å². The number of hydrogen-bond acceptors (Lipinski definition) is 2. The number of nitro groups is 1. The molecule has 0 aromatic heterocycles. The van der Waals surface area contributed by atoms with Crippen LogP contribution in [0.25, 0.3) is 5.57 Å². The molecule has 0 saturated heterocycles. The van der Waals surface area contributed by atoms with Crippen molar-refractivity contribution in [2.75, 3.05) is 0 Å². The highest BCUT2D eigenvalue weighted by molar-refractivity contribution is 5.67. The highest BCUT2D eigenvalue weighted by Crippen LogP contribution is 2.28. The van der Waals surface area contributed by atoms with Crippen molar-refractivity contribution in [2.45, 2.75) is 25.7 Å². The summed E-state index contributed by atoms with van der Waals surface area (Å²) < 4.78 is 0. The Balaban J connectivity index is 2.31. The molecule has 1 aromatic rings. The molecule has 0 N–H and O–H groups in total. The zero-order valence-electron chi connectivity index (χ0n) is 8.48. The Kier molecular flexibility index (Phi) is 2.81. The Labute approximate surface area is 88.6 Å². The Hall–Kier alpha value is -1.64. The summed E-state index contributed by atoms with van der Waals surface area (Å²) in [6, 6.07) is 6.90. The van der Waals surface area contributed by atoms with E-state index < -0.39 is 0 Å². The lowest BCUT2D eigenvalue weighted by atomic mass is 9.93. The van der Waals surface area contributed by atoms with Gasteiger partial charge in [-0.25, -0.2) is 0 Å². The Bertz CT molecular complexity index is 410. The van der Waals surface area contributed by atoms with Crippen LogP contribution >= 0.6 is 0 Å². The zero-order chi connectivity index (χ0) is 10.7. The van der Waals surface area contributed by atoms with E-state index in [1.54, 1.807) is 12.1 Å². The normalized spacial score (nSPS) is 15.9. The third-order valence-electron chi connectivity index (χ3n) is 2.72. The van der Waals surface area contributed by atoms with Gasteiger partial charge < -0.3 is 0 Å². The third-order valence-corrected chi connectivity index (χ3v) is 2.72. The molecule has 0 fully saturated rings. The first-order valence-corrected chi connectivity index (χ1v) is 5.21. The molecule has 3 heteroatoms. The molecule has 15 heavy (non-hydrogen) atoms. The molecule has 0 amide bonds. The van der Waals surface area contributed by atoms with E-state index in [2.05, 4.69) is 6.08 Å². The van der Waals surface area contributed by atoms with Crippen LogP contribution in [-0.4, -0.2) is 4.92 Å². The quantitative estimate of drug-likeness (QED) is 0.545. The molecule has 1 aromatic carbocycles. The molecule has 0 spiro atoms. The molecule has 0 saturated carbocycles. The van der Waals surface area contributed by atoms with Gasteiger partial charge in [0.25, 0.3) is 5.69 Å². The minimum atomic E-state index is -0.340. The molecular formula is C12H13NO2. The molecule has 78 valence electrons. The summed E-state index contributed by atoms with van der Waals surface area (Å²) in [7, 11) is 0. The average Bonchev–Trinajstić information content (AvgIpc) is 2.30. The van der Waals surface area contributed by atoms with E-state index in [9.17, 15) is 10.1 Å². The van der Waals surface area contributed by atoms with Gasteiger partial charge in [-0.1, -0.05) is 18.2 Å². The maximum atomic E-state index is 10.6. The monoisotopic (exact) mass is 203 g/mol. The van der Waals surface area contributed by atoms with Gasteiger partial charge in [0.15, 0.2) is 0 Å². The Morgan fingerprint density at radius 3 is 2.80 bits per heavy atom. The number of allylic oxidation sites excluding steroid dienone is 2. The van der Waals surface area contributed by atoms with Crippen LogP contribution in [0.4, 0.5) is 5.69 Å². The van der Waals surface area contributed by atoms with E-state index in [4.69, 9.17) is 0 Å². The maximum Gasteiger partial charge on any atom is 0.270 e. The second kappa shape index (κ2) is 4.26. The van der Waals surface area contributed by atoms with Gasteiger partial charge in [-0.2, -0.15) is 0 Å². The summed E-state index contributed by atoms with van der Waals surface area (Å²) in [6.07, 6.45) is 6.76. The first-order chi connectivity index (χ1) is 7.27. The lowest BCUT2D eigenvalue weighted by Gasteiger charge is -2.12. The maximum absolute atomic E-state index is 10.6. The van der Waals surface area contributed by atoms with Gasteiger partial charge in [-0.15, -0.1) is 0 Å². The first-order valence-electron chi connectivity index (χ1n) is 5.21. The molecule has 0 heterocycles. The lowest BCUT2D eigenvalue weighted by molar-refractivity contribution is -0.384. The van der Waals surface area contributed by atoms with Gasteiger partial charge in [0.05, 0.1) is 4.92 Å². The fraction of sp³-hybridized carbons (Fsp3) is 0.333. The van der Waals surface area contributed by atoms with Crippen LogP contribution in [0.2, 0.25) is 0 Å². The van der Waals surface area contributed by atoms with Crippen molar-refractivity contribution in [2.24, 2.45) is 0 Å². The molecular weight excluding hydrogens is 190 g/mol. The van der Waals surface area contributed by atoms with Crippen molar-refractivity contribution in [1.82, 2.24) is 0 Å². The van der Waals surface area contributed by atoms with Crippen LogP contribution in [0.3, 0.4) is 0 Å². The summed E-state index contributed by atoms with van der Waals surface area (Å²) in [5.41, 5.74) is 2.44. The number of hydrogen-bond donors (Lipinski definition) is 0. The minimum absolute atomic E-state index is 0.180. The number of rotatable bonds is 2. The van der Waals surface area contributed by atoms with E-state index in [1.165, 1.54) is 24.5 Å². The summed E-state index contributed by atoms with van der Waals surface area (Å²) in [6.45, 7) is 0. The fourth-order valence-corrected chi connectivity index (χ4v) is 1.92. The molecule has 2 rings (SSSR count). The van der Waals surface area contributed by atoms with E-state index in [0.29, 0.717) is 0 Å². The highest BCUT2D eigenvalue weighted by atomic mass is 16.6. The minimum Gasteiger partial charge on any atom is -0.258 e. The van der Waals surface area contributed by atoms with Crippen LogP contribution in [0.1, 0.15) is 31.2 Å². The van der Waals surface area contributed by atoms with Gasteiger partial charge in [0.2, 0.25) is 0 Å². The van der Waals surface area contributed by atoms with Crippen molar-refractivity contribution in [1.29, 1.82) is 0 Å². The van der Waals surface area contributed by atoms with Crippen LogP contribution in [0.15, 0.2) is 30.3 Å². The molecule has 0 unspecified atom stereocenters. The molecule has 0 aliphatic heterocycles. The lowest BCUT2D eigenvalue weighted by Crippen LogP contribution is -1.93. The SMILES string of the molecule is O=[N+]([O-])c1cccc(C2=CCCCC2)c1. The van der Waals surface area contributed by atoms with Crippen molar-refractivity contribution < 1.29 is 4.92 Å². The van der Waals surface area contributed by atoms with Gasteiger partial charge in [0, 0.05) is 12.1 Å². The van der Waals surface area contributed by atoms with Gasteiger partial charge in [-0.3, -0.25) is 10.1 Å². The van der Waals surface area contributed by atoms with Crippen LogP contribution < -0.4 is 0 Å². The van der Waals surface area contributed by atoms with Crippen molar-refractivity contribution in [3.8, 4) is 0 Å². The Morgan fingerprint density at radius 2 is 2.13 bits per heavy atom. The van der Waals surface area contributed by atoms with Gasteiger partial charge in [0.1, 0.15) is 0 Å². The third kappa shape index (κ3) is 2.24. The predicted molar refractivity (Wildman–Crippen MR) is 59.5 cm³/mol. The van der Waals surface area contributed by atoms with E-state index in [-0.39, 0.29) is 10.6 Å². The van der Waals surface area contributed by atoms with Gasteiger partial charge >= 0.3 is 0 Å². The second-order valence-corrected chi connectivity index (χ2v) is 3.78. The Morgan fingerprint density at radius 1 is 1.27 bits per heavy atom. The highest BCUT2D eigenvalue weighted by Gasteiger charge is 2.10. The molecule has 0 bridgehead atoms. The molecule has 0 radical (unpaired) electrons.